The van der Waals surface area contributed by atoms with Crippen molar-refractivity contribution >= 4 is 11.8 Å². The predicted octanol–water partition coefficient (Wildman–Crippen LogP) is 4.17. The molecule has 0 saturated carbocycles. The number of anilines is 1. The minimum atomic E-state index is 0.576. The molecule has 2 rings (SSSR count). The van der Waals surface area contributed by atoms with Crippen molar-refractivity contribution in [3.05, 3.63) is 66.0 Å². The second-order valence-corrected chi connectivity index (χ2v) is 4.55. The van der Waals surface area contributed by atoms with Crippen molar-refractivity contribution in [1.29, 1.82) is 5.26 Å². The van der Waals surface area contributed by atoms with Crippen molar-refractivity contribution in [3.8, 4) is 17.2 Å². The molecule has 0 fully saturated rings. The van der Waals surface area contributed by atoms with Crippen LogP contribution in [0.2, 0.25) is 0 Å². The predicted molar refractivity (Wildman–Crippen MR) is 87.9 cm³/mol. The van der Waals surface area contributed by atoms with Crippen LogP contribution in [0.4, 0.5) is 5.69 Å². The fraction of sp³-hybridized carbons (Fsp3) is 0.111. The van der Waals surface area contributed by atoms with Crippen LogP contribution < -0.4 is 5.32 Å². The normalized spacial score (nSPS) is 10.3. The van der Waals surface area contributed by atoms with E-state index >= 15 is 0 Å². The van der Waals surface area contributed by atoms with E-state index in [2.05, 4.69) is 22.9 Å². The van der Waals surface area contributed by atoms with Crippen molar-refractivity contribution in [2.45, 2.75) is 6.92 Å². The number of nitriles is 1. The van der Waals surface area contributed by atoms with Gasteiger partial charge >= 0.3 is 0 Å². The Labute approximate surface area is 125 Å². The van der Waals surface area contributed by atoms with E-state index in [0.717, 1.165) is 22.4 Å². The van der Waals surface area contributed by atoms with E-state index in [4.69, 9.17) is 0 Å². The molecule has 0 aliphatic heterocycles. The Morgan fingerprint density at radius 1 is 1.29 bits per heavy atom. The average molecular weight is 275 g/mol. The minimum Gasteiger partial charge on any atom is -0.388 e. The van der Waals surface area contributed by atoms with Crippen LogP contribution in [0, 0.1) is 18.3 Å². The van der Waals surface area contributed by atoms with Crippen LogP contribution in [0.15, 0.2) is 49.2 Å². The molecule has 0 aliphatic carbocycles. The molecule has 0 aliphatic rings. The standard InChI is InChI=1S/C18H17N3/c1-4-5-8-18-16(12-19)15(10-11-21-18)14-7-6-9-17(20-3)13(14)2/h4-11,20H,1H2,2-3H3/b8-5+. The van der Waals surface area contributed by atoms with Gasteiger partial charge in [0.1, 0.15) is 6.07 Å². The summed E-state index contributed by atoms with van der Waals surface area (Å²) in [6.45, 7) is 5.69. The van der Waals surface area contributed by atoms with Gasteiger partial charge in [0, 0.05) is 24.5 Å². The Balaban J connectivity index is 2.68. The van der Waals surface area contributed by atoms with Gasteiger partial charge in [0.05, 0.1) is 11.3 Å². The van der Waals surface area contributed by atoms with E-state index < -0.39 is 0 Å². The van der Waals surface area contributed by atoms with E-state index in [9.17, 15) is 5.26 Å². The van der Waals surface area contributed by atoms with Gasteiger partial charge in [-0.1, -0.05) is 30.9 Å². The second-order valence-electron chi connectivity index (χ2n) is 4.55. The van der Waals surface area contributed by atoms with Crippen molar-refractivity contribution < 1.29 is 0 Å². The second kappa shape index (κ2) is 6.53. The van der Waals surface area contributed by atoms with Gasteiger partial charge in [0.2, 0.25) is 0 Å². The molecule has 0 amide bonds. The highest BCUT2D eigenvalue weighted by Crippen LogP contribution is 2.31. The molecule has 0 radical (unpaired) electrons. The van der Waals surface area contributed by atoms with E-state index in [-0.39, 0.29) is 0 Å². The van der Waals surface area contributed by atoms with Gasteiger partial charge in [-0.05, 0) is 36.3 Å². The number of rotatable bonds is 4. The number of hydrogen-bond acceptors (Lipinski definition) is 3. The van der Waals surface area contributed by atoms with Gasteiger partial charge in [-0.25, -0.2) is 0 Å². The maximum Gasteiger partial charge on any atom is 0.102 e. The highest BCUT2D eigenvalue weighted by Gasteiger charge is 2.12. The van der Waals surface area contributed by atoms with Crippen LogP contribution in [0.25, 0.3) is 17.2 Å². The zero-order chi connectivity index (χ0) is 15.2. The molecular formula is C18H17N3. The average Bonchev–Trinajstić information content (AvgIpc) is 2.52. The summed E-state index contributed by atoms with van der Waals surface area (Å²) in [5.41, 5.74) is 5.33. The molecule has 0 atom stereocenters. The lowest BCUT2D eigenvalue weighted by molar-refractivity contribution is 1.26. The topological polar surface area (TPSA) is 48.7 Å². The molecule has 0 spiro atoms. The summed E-state index contributed by atoms with van der Waals surface area (Å²) in [7, 11) is 1.89. The van der Waals surface area contributed by atoms with Crippen LogP contribution in [0.5, 0.6) is 0 Å². The van der Waals surface area contributed by atoms with E-state index in [0.29, 0.717) is 11.3 Å². The SMILES string of the molecule is C=C/C=C/c1nccc(-c2cccc(NC)c2C)c1C#N. The number of allylic oxidation sites excluding steroid dienone is 2. The van der Waals surface area contributed by atoms with E-state index in [1.54, 1.807) is 24.4 Å². The summed E-state index contributed by atoms with van der Waals surface area (Å²) < 4.78 is 0. The number of nitrogens with zero attached hydrogens (tertiary/aromatic N) is 2. The van der Waals surface area contributed by atoms with Crippen molar-refractivity contribution in [2.24, 2.45) is 0 Å². The Morgan fingerprint density at radius 3 is 2.76 bits per heavy atom. The van der Waals surface area contributed by atoms with Crippen LogP contribution >= 0.6 is 0 Å². The molecule has 1 aromatic carbocycles. The third kappa shape index (κ3) is 2.85. The molecule has 0 bridgehead atoms. The lowest BCUT2D eigenvalue weighted by Gasteiger charge is -2.13. The molecular weight excluding hydrogens is 258 g/mol. The van der Waals surface area contributed by atoms with Crippen LogP contribution in [0.3, 0.4) is 0 Å². The molecule has 1 N–H and O–H groups in total. The molecule has 0 unspecified atom stereocenters. The zero-order valence-electron chi connectivity index (χ0n) is 12.2. The summed E-state index contributed by atoms with van der Waals surface area (Å²) in [6, 6.07) is 10.2. The van der Waals surface area contributed by atoms with E-state index in [1.807, 2.05) is 38.2 Å². The van der Waals surface area contributed by atoms with Crippen LogP contribution in [0.1, 0.15) is 16.8 Å². The van der Waals surface area contributed by atoms with Gasteiger partial charge in [-0.2, -0.15) is 5.26 Å². The Hall–Kier alpha value is -2.86. The molecule has 0 saturated heterocycles. The van der Waals surface area contributed by atoms with Gasteiger partial charge in [0.25, 0.3) is 0 Å². The van der Waals surface area contributed by atoms with Gasteiger partial charge in [0.15, 0.2) is 0 Å². The quantitative estimate of drug-likeness (QED) is 0.852. The third-order valence-electron chi connectivity index (χ3n) is 3.38. The first kappa shape index (κ1) is 14.5. The number of nitrogens with one attached hydrogen (secondary N) is 1. The van der Waals surface area contributed by atoms with Crippen LogP contribution in [-0.2, 0) is 0 Å². The first-order chi connectivity index (χ1) is 10.2. The Kier molecular flexibility index (Phi) is 4.53. The largest absolute Gasteiger partial charge is 0.388 e. The fourth-order valence-corrected chi connectivity index (χ4v) is 2.30. The molecule has 2 aromatic rings. The molecule has 3 heteroatoms. The fourth-order valence-electron chi connectivity index (χ4n) is 2.30. The highest BCUT2D eigenvalue weighted by molar-refractivity contribution is 5.80. The molecule has 1 aromatic heterocycles. The summed E-state index contributed by atoms with van der Waals surface area (Å²) in [5.74, 6) is 0. The molecule has 3 nitrogen and oxygen atoms in total. The molecule has 104 valence electrons. The maximum atomic E-state index is 9.51. The lowest BCUT2D eigenvalue weighted by Crippen LogP contribution is -1.97. The van der Waals surface area contributed by atoms with Crippen molar-refractivity contribution in [1.82, 2.24) is 4.98 Å². The summed E-state index contributed by atoms with van der Waals surface area (Å²) in [5, 5.41) is 12.7. The summed E-state index contributed by atoms with van der Waals surface area (Å²) >= 11 is 0. The first-order valence-corrected chi connectivity index (χ1v) is 6.69. The van der Waals surface area contributed by atoms with Gasteiger partial charge in [-0.15, -0.1) is 0 Å². The third-order valence-corrected chi connectivity index (χ3v) is 3.38. The first-order valence-electron chi connectivity index (χ1n) is 6.69. The van der Waals surface area contributed by atoms with Gasteiger partial charge in [-0.3, -0.25) is 4.98 Å². The van der Waals surface area contributed by atoms with Gasteiger partial charge < -0.3 is 5.32 Å². The Bertz CT molecular complexity index is 737. The molecule has 21 heavy (non-hydrogen) atoms. The number of pyridine rings is 1. The number of benzene rings is 1. The van der Waals surface area contributed by atoms with Crippen molar-refractivity contribution in [3.63, 3.8) is 0 Å². The molecule has 1 heterocycles. The van der Waals surface area contributed by atoms with Crippen LogP contribution in [-0.4, -0.2) is 12.0 Å². The summed E-state index contributed by atoms with van der Waals surface area (Å²) in [4.78, 5) is 4.27. The van der Waals surface area contributed by atoms with Crippen molar-refractivity contribution in [2.75, 3.05) is 12.4 Å². The number of hydrogen-bond donors (Lipinski definition) is 1. The maximum absolute atomic E-state index is 9.51. The zero-order valence-corrected chi connectivity index (χ0v) is 12.2. The van der Waals surface area contributed by atoms with E-state index in [1.165, 1.54) is 0 Å². The number of aromatic nitrogens is 1. The summed E-state index contributed by atoms with van der Waals surface area (Å²) in [6.07, 6.45) is 6.98. The lowest BCUT2D eigenvalue weighted by atomic mass is 9.95. The Morgan fingerprint density at radius 2 is 2.10 bits per heavy atom. The minimum absolute atomic E-state index is 0.576. The highest BCUT2D eigenvalue weighted by atomic mass is 14.8. The smallest absolute Gasteiger partial charge is 0.102 e. The monoisotopic (exact) mass is 275 g/mol.